The molecule has 0 saturated carbocycles. The molecule has 1 N–H and O–H groups in total. The van der Waals surface area contributed by atoms with E-state index in [1.165, 1.54) is 40.8 Å². The first-order valence-electron chi connectivity index (χ1n) is 8.97. The monoisotopic (exact) mass is 333 g/mol. The zero-order valence-corrected chi connectivity index (χ0v) is 14.8. The van der Waals surface area contributed by atoms with E-state index in [0.29, 0.717) is 5.56 Å². The molecular weight excluding hydrogens is 310 g/mol. The molecule has 128 valence electrons. The first-order chi connectivity index (χ1) is 12.0. The van der Waals surface area contributed by atoms with E-state index in [9.17, 15) is 9.90 Å². The van der Waals surface area contributed by atoms with Crippen LogP contribution in [-0.4, -0.2) is 15.6 Å². The van der Waals surface area contributed by atoms with Gasteiger partial charge >= 0.3 is 5.97 Å². The van der Waals surface area contributed by atoms with Crippen molar-refractivity contribution in [2.75, 3.05) is 0 Å². The lowest BCUT2D eigenvalue weighted by Crippen LogP contribution is -2.09. The molecule has 0 amide bonds. The van der Waals surface area contributed by atoms with Crippen molar-refractivity contribution in [1.29, 1.82) is 0 Å². The SMILES string of the molecule is Cc1cc(C)cc(Cn2c3c(c4cc(C(=O)O)ccc42)CCCC3)c1. The number of nitrogens with zero attached hydrogens (tertiary/aromatic N) is 1. The normalized spacial score (nSPS) is 13.8. The van der Waals surface area contributed by atoms with E-state index in [1.807, 2.05) is 12.1 Å². The highest BCUT2D eigenvalue weighted by Gasteiger charge is 2.21. The van der Waals surface area contributed by atoms with Crippen LogP contribution in [0.5, 0.6) is 0 Å². The fourth-order valence-electron chi connectivity index (χ4n) is 4.29. The maximum Gasteiger partial charge on any atom is 0.335 e. The molecule has 0 unspecified atom stereocenters. The number of hydrogen-bond acceptors (Lipinski definition) is 1. The second kappa shape index (κ2) is 6.07. The molecule has 3 nitrogen and oxygen atoms in total. The van der Waals surface area contributed by atoms with Crippen LogP contribution in [-0.2, 0) is 19.4 Å². The molecule has 0 bridgehead atoms. The summed E-state index contributed by atoms with van der Waals surface area (Å²) in [6.45, 7) is 5.12. The summed E-state index contributed by atoms with van der Waals surface area (Å²) in [7, 11) is 0. The molecule has 25 heavy (non-hydrogen) atoms. The summed E-state index contributed by atoms with van der Waals surface area (Å²) < 4.78 is 2.41. The highest BCUT2D eigenvalue weighted by Crippen LogP contribution is 2.33. The number of carbonyl (C=O) groups is 1. The van der Waals surface area contributed by atoms with Gasteiger partial charge in [0.25, 0.3) is 0 Å². The van der Waals surface area contributed by atoms with E-state index in [0.717, 1.165) is 30.3 Å². The molecule has 0 atom stereocenters. The van der Waals surface area contributed by atoms with Crippen LogP contribution in [0.3, 0.4) is 0 Å². The van der Waals surface area contributed by atoms with Crippen molar-refractivity contribution in [3.8, 4) is 0 Å². The number of carboxylic acids is 1. The Kier molecular flexibility index (Phi) is 3.87. The Bertz CT molecular complexity index is 961. The van der Waals surface area contributed by atoms with Gasteiger partial charge in [0.05, 0.1) is 5.56 Å². The van der Waals surface area contributed by atoms with Gasteiger partial charge < -0.3 is 9.67 Å². The van der Waals surface area contributed by atoms with Crippen LogP contribution in [0, 0.1) is 13.8 Å². The summed E-state index contributed by atoms with van der Waals surface area (Å²) in [4.78, 5) is 11.4. The number of hydrogen-bond donors (Lipinski definition) is 1. The highest BCUT2D eigenvalue weighted by molar-refractivity contribution is 5.95. The summed E-state index contributed by atoms with van der Waals surface area (Å²) in [6.07, 6.45) is 4.53. The Labute approximate surface area is 147 Å². The van der Waals surface area contributed by atoms with Crippen molar-refractivity contribution in [2.24, 2.45) is 0 Å². The number of fused-ring (bicyclic) bond motifs is 3. The van der Waals surface area contributed by atoms with Crippen LogP contribution >= 0.6 is 0 Å². The van der Waals surface area contributed by atoms with Crippen molar-refractivity contribution in [3.63, 3.8) is 0 Å². The first-order valence-corrected chi connectivity index (χ1v) is 8.97. The number of carboxylic acid groups (broad SMARTS) is 1. The molecule has 3 heteroatoms. The molecule has 0 radical (unpaired) electrons. The zero-order chi connectivity index (χ0) is 17.6. The standard InChI is InChI=1S/C22H23NO2/c1-14-9-15(2)11-16(10-14)13-23-20-6-4-3-5-18(20)19-12-17(22(24)25)7-8-21(19)23/h7-12H,3-6,13H2,1-2H3,(H,24,25). The van der Waals surface area contributed by atoms with Gasteiger partial charge in [-0.05, 0) is 68.9 Å². The van der Waals surface area contributed by atoms with Crippen LogP contribution in [0.2, 0.25) is 0 Å². The fourth-order valence-corrected chi connectivity index (χ4v) is 4.29. The molecule has 1 aromatic heterocycles. The van der Waals surface area contributed by atoms with Gasteiger partial charge in [0, 0.05) is 23.1 Å². The number of benzene rings is 2. The maximum atomic E-state index is 11.4. The number of aromatic carboxylic acids is 1. The molecule has 1 aliphatic carbocycles. The van der Waals surface area contributed by atoms with E-state index in [1.54, 1.807) is 6.07 Å². The Morgan fingerprint density at radius 2 is 1.76 bits per heavy atom. The van der Waals surface area contributed by atoms with Crippen molar-refractivity contribution in [1.82, 2.24) is 4.57 Å². The van der Waals surface area contributed by atoms with E-state index in [2.05, 4.69) is 36.6 Å². The minimum atomic E-state index is -0.853. The first kappa shape index (κ1) is 15.9. The molecule has 3 aromatic rings. The third-order valence-corrected chi connectivity index (χ3v) is 5.25. The predicted octanol–water partition coefficient (Wildman–Crippen LogP) is 4.88. The topological polar surface area (TPSA) is 42.2 Å². The third-order valence-electron chi connectivity index (χ3n) is 5.25. The van der Waals surface area contributed by atoms with Crippen molar-refractivity contribution in [3.05, 3.63) is 69.9 Å². The van der Waals surface area contributed by atoms with Gasteiger partial charge in [0.1, 0.15) is 0 Å². The molecule has 0 aliphatic heterocycles. The fraction of sp³-hybridized carbons (Fsp3) is 0.318. The molecular formula is C22H23NO2. The lowest BCUT2D eigenvalue weighted by atomic mass is 9.95. The largest absolute Gasteiger partial charge is 0.478 e. The maximum absolute atomic E-state index is 11.4. The summed E-state index contributed by atoms with van der Waals surface area (Å²) in [5.41, 5.74) is 8.17. The Balaban J connectivity index is 1.89. The molecule has 0 spiro atoms. The molecule has 4 rings (SSSR count). The number of aryl methyl sites for hydroxylation is 3. The molecule has 2 aromatic carbocycles. The zero-order valence-electron chi connectivity index (χ0n) is 14.8. The van der Waals surface area contributed by atoms with Crippen molar-refractivity contribution in [2.45, 2.75) is 46.1 Å². The average Bonchev–Trinajstić information content (AvgIpc) is 2.88. The van der Waals surface area contributed by atoms with E-state index >= 15 is 0 Å². The van der Waals surface area contributed by atoms with Crippen LogP contribution in [0.1, 0.15) is 51.1 Å². The van der Waals surface area contributed by atoms with Crippen LogP contribution < -0.4 is 0 Å². The van der Waals surface area contributed by atoms with Gasteiger partial charge in [-0.1, -0.05) is 29.3 Å². The van der Waals surface area contributed by atoms with Crippen LogP contribution in [0.25, 0.3) is 10.9 Å². The van der Waals surface area contributed by atoms with Crippen molar-refractivity contribution >= 4 is 16.9 Å². The summed E-state index contributed by atoms with van der Waals surface area (Å²) in [6, 6.07) is 12.3. The van der Waals surface area contributed by atoms with E-state index in [-0.39, 0.29) is 0 Å². The third kappa shape index (κ3) is 2.84. The smallest absolute Gasteiger partial charge is 0.335 e. The minimum Gasteiger partial charge on any atom is -0.478 e. The van der Waals surface area contributed by atoms with Gasteiger partial charge in [-0.3, -0.25) is 0 Å². The lowest BCUT2D eigenvalue weighted by Gasteiger charge is -2.16. The molecule has 1 aliphatic rings. The number of rotatable bonds is 3. The molecule has 1 heterocycles. The van der Waals surface area contributed by atoms with Gasteiger partial charge in [0.15, 0.2) is 0 Å². The summed E-state index contributed by atoms with van der Waals surface area (Å²) in [5, 5.41) is 10.5. The van der Waals surface area contributed by atoms with Crippen LogP contribution in [0.4, 0.5) is 0 Å². The molecule has 0 fully saturated rings. The quantitative estimate of drug-likeness (QED) is 0.742. The Morgan fingerprint density at radius 3 is 2.48 bits per heavy atom. The van der Waals surface area contributed by atoms with Gasteiger partial charge in [-0.2, -0.15) is 0 Å². The number of aromatic nitrogens is 1. The van der Waals surface area contributed by atoms with E-state index in [4.69, 9.17) is 0 Å². The molecule has 0 saturated heterocycles. The van der Waals surface area contributed by atoms with E-state index < -0.39 is 5.97 Å². The van der Waals surface area contributed by atoms with Crippen molar-refractivity contribution < 1.29 is 9.90 Å². The second-order valence-electron chi connectivity index (χ2n) is 7.25. The van der Waals surface area contributed by atoms with Gasteiger partial charge in [-0.15, -0.1) is 0 Å². The Hall–Kier alpha value is -2.55. The van der Waals surface area contributed by atoms with Gasteiger partial charge in [-0.25, -0.2) is 4.79 Å². The average molecular weight is 333 g/mol. The highest BCUT2D eigenvalue weighted by atomic mass is 16.4. The minimum absolute atomic E-state index is 0.379. The van der Waals surface area contributed by atoms with Crippen LogP contribution in [0.15, 0.2) is 36.4 Å². The van der Waals surface area contributed by atoms with Gasteiger partial charge in [0.2, 0.25) is 0 Å². The summed E-state index contributed by atoms with van der Waals surface area (Å²) in [5.74, 6) is -0.853. The lowest BCUT2D eigenvalue weighted by molar-refractivity contribution is 0.0697. The summed E-state index contributed by atoms with van der Waals surface area (Å²) >= 11 is 0. The second-order valence-corrected chi connectivity index (χ2v) is 7.25. The predicted molar refractivity (Wildman–Crippen MR) is 101 cm³/mol. The Morgan fingerprint density at radius 1 is 1.04 bits per heavy atom.